The van der Waals surface area contributed by atoms with Gasteiger partial charge in [-0.05, 0) is 63.2 Å². The summed E-state index contributed by atoms with van der Waals surface area (Å²) >= 11 is 6.15. The van der Waals surface area contributed by atoms with Gasteiger partial charge in [0.05, 0.1) is 18.2 Å². The first-order valence-corrected chi connectivity index (χ1v) is 10.6. The van der Waals surface area contributed by atoms with Crippen molar-refractivity contribution < 1.29 is 14.1 Å². The number of pyridine rings is 1. The van der Waals surface area contributed by atoms with E-state index >= 15 is 0 Å². The molecule has 4 rings (SSSR count). The second-order valence-corrected chi connectivity index (χ2v) is 7.90. The molecule has 162 valence electrons. The van der Waals surface area contributed by atoms with Gasteiger partial charge in [0.2, 0.25) is 17.6 Å². The number of ether oxygens (including phenoxy) is 1. The van der Waals surface area contributed by atoms with E-state index in [1.54, 1.807) is 31.5 Å². The molecule has 1 N–H and O–H groups in total. The minimum atomic E-state index is -0.270. The van der Waals surface area contributed by atoms with E-state index in [-0.39, 0.29) is 17.9 Å². The van der Waals surface area contributed by atoms with Crippen LogP contribution in [-0.2, 0) is 4.79 Å². The summed E-state index contributed by atoms with van der Waals surface area (Å²) in [6, 6.07) is 10.5. The molecular weight excluding hydrogens is 418 g/mol. The number of aromatic nitrogens is 3. The zero-order valence-corrected chi connectivity index (χ0v) is 18.2. The van der Waals surface area contributed by atoms with Crippen molar-refractivity contribution in [3.63, 3.8) is 0 Å². The first-order chi connectivity index (χ1) is 15.0. The highest BCUT2D eigenvalue weighted by atomic mass is 35.5. The highest BCUT2D eigenvalue weighted by Crippen LogP contribution is 2.30. The Morgan fingerprint density at radius 2 is 2.10 bits per heavy atom. The van der Waals surface area contributed by atoms with Crippen molar-refractivity contribution in [3.05, 3.63) is 53.5 Å². The minimum Gasteiger partial charge on any atom is -0.495 e. The number of carbonyl (C=O) groups excluding carboxylic acids is 1. The van der Waals surface area contributed by atoms with Crippen LogP contribution in [0.4, 0.5) is 5.69 Å². The van der Waals surface area contributed by atoms with E-state index < -0.39 is 0 Å². The SMILES string of the molecule is COc1ccc(NC(=O)C(C)N2CCC(c3nc(-c4ccccn4)no3)CC2)cc1Cl. The van der Waals surface area contributed by atoms with E-state index in [0.717, 1.165) is 25.9 Å². The highest BCUT2D eigenvalue weighted by molar-refractivity contribution is 6.32. The van der Waals surface area contributed by atoms with E-state index in [9.17, 15) is 4.79 Å². The van der Waals surface area contributed by atoms with Crippen molar-refractivity contribution in [2.45, 2.75) is 31.7 Å². The van der Waals surface area contributed by atoms with Crippen molar-refractivity contribution in [1.29, 1.82) is 0 Å². The van der Waals surface area contributed by atoms with Gasteiger partial charge in [-0.2, -0.15) is 4.98 Å². The molecule has 1 aliphatic heterocycles. The summed E-state index contributed by atoms with van der Waals surface area (Å²) < 4.78 is 10.6. The summed E-state index contributed by atoms with van der Waals surface area (Å²) in [5, 5.41) is 7.45. The molecule has 0 radical (unpaired) electrons. The standard InChI is InChI=1S/C22H24ClN5O3/c1-14(21(29)25-16-6-7-19(30-2)17(23)13-16)28-11-8-15(9-12-28)22-26-20(27-31-22)18-5-3-4-10-24-18/h3-7,10,13-15H,8-9,11-12H2,1-2H3,(H,25,29). The smallest absolute Gasteiger partial charge is 0.241 e. The molecule has 1 aliphatic rings. The van der Waals surface area contributed by atoms with Crippen molar-refractivity contribution in [2.24, 2.45) is 0 Å². The number of carbonyl (C=O) groups is 1. The first-order valence-electron chi connectivity index (χ1n) is 10.2. The molecule has 1 aromatic carbocycles. The third-order valence-corrected chi connectivity index (χ3v) is 5.86. The fourth-order valence-electron chi connectivity index (χ4n) is 3.69. The van der Waals surface area contributed by atoms with E-state index in [1.807, 2.05) is 25.1 Å². The molecule has 3 heterocycles. The molecule has 0 spiro atoms. The van der Waals surface area contributed by atoms with Gasteiger partial charge in [-0.1, -0.05) is 22.8 Å². The number of piperidine rings is 1. The number of halogens is 1. The van der Waals surface area contributed by atoms with Crippen LogP contribution in [0, 0.1) is 0 Å². The van der Waals surface area contributed by atoms with Gasteiger partial charge in [0.15, 0.2) is 0 Å². The van der Waals surface area contributed by atoms with Gasteiger partial charge in [0, 0.05) is 17.8 Å². The molecule has 1 atom stereocenters. The number of nitrogens with zero attached hydrogens (tertiary/aromatic N) is 4. The number of benzene rings is 1. The third kappa shape index (κ3) is 4.86. The predicted octanol–water partition coefficient (Wildman–Crippen LogP) is 4.00. The molecule has 0 bridgehead atoms. The maximum Gasteiger partial charge on any atom is 0.241 e. The van der Waals surface area contributed by atoms with Crippen molar-refractivity contribution in [3.8, 4) is 17.3 Å². The quantitative estimate of drug-likeness (QED) is 0.617. The van der Waals surface area contributed by atoms with Crippen LogP contribution in [-0.4, -0.2) is 52.2 Å². The molecule has 2 aromatic heterocycles. The van der Waals surface area contributed by atoms with Gasteiger partial charge in [-0.25, -0.2) is 0 Å². The summed E-state index contributed by atoms with van der Waals surface area (Å²) in [5.41, 5.74) is 1.34. The molecule has 9 heteroatoms. The average Bonchev–Trinajstić information content (AvgIpc) is 3.30. The zero-order chi connectivity index (χ0) is 21.8. The number of hydrogen-bond acceptors (Lipinski definition) is 7. The summed E-state index contributed by atoms with van der Waals surface area (Å²) in [7, 11) is 1.55. The average molecular weight is 442 g/mol. The third-order valence-electron chi connectivity index (χ3n) is 5.56. The lowest BCUT2D eigenvalue weighted by atomic mass is 9.95. The number of rotatable bonds is 6. The van der Waals surface area contributed by atoms with Gasteiger partial charge in [-0.3, -0.25) is 14.7 Å². The molecule has 3 aromatic rings. The zero-order valence-electron chi connectivity index (χ0n) is 17.4. The summed E-state index contributed by atoms with van der Waals surface area (Å²) in [5.74, 6) is 1.81. The first kappa shape index (κ1) is 21.3. The Balaban J connectivity index is 1.32. The van der Waals surface area contributed by atoms with Crippen LogP contribution in [0.2, 0.25) is 5.02 Å². The van der Waals surface area contributed by atoms with Crippen LogP contribution in [0.15, 0.2) is 47.1 Å². The molecule has 1 fully saturated rings. The monoisotopic (exact) mass is 441 g/mol. The molecular formula is C22H24ClN5O3. The number of hydrogen-bond donors (Lipinski definition) is 1. The van der Waals surface area contributed by atoms with E-state index in [4.69, 9.17) is 20.9 Å². The van der Waals surface area contributed by atoms with Crippen LogP contribution >= 0.6 is 11.6 Å². The molecule has 8 nitrogen and oxygen atoms in total. The van der Waals surface area contributed by atoms with Crippen LogP contribution < -0.4 is 10.1 Å². The number of nitrogens with one attached hydrogen (secondary N) is 1. The molecule has 0 aliphatic carbocycles. The second kappa shape index (κ2) is 9.45. The largest absolute Gasteiger partial charge is 0.495 e. The molecule has 1 saturated heterocycles. The normalized spacial score (nSPS) is 16.1. The van der Waals surface area contributed by atoms with E-state index in [1.165, 1.54) is 0 Å². The Morgan fingerprint density at radius 3 is 2.77 bits per heavy atom. The molecule has 0 saturated carbocycles. The van der Waals surface area contributed by atoms with Crippen LogP contribution in [0.25, 0.3) is 11.5 Å². The number of amides is 1. The fourth-order valence-corrected chi connectivity index (χ4v) is 3.95. The van der Waals surface area contributed by atoms with Crippen LogP contribution in [0.5, 0.6) is 5.75 Å². The summed E-state index contributed by atoms with van der Waals surface area (Å²) in [6.45, 7) is 3.44. The Labute approximate surface area is 185 Å². The predicted molar refractivity (Wildman–Crippen MR) is 117 cm³/mol. The Hall–Kier alpha value is -2.97. The van der Waals surface area contributed by atoms with Crippen LogP contribution in [0.1, 0.15) is 31.6 Å². The Kier molecular flexibility index (Phi) is 6.48. The van der Waals surface area contributed by atoms with Crippen LogP contribution in [0.3, 0.4) is 0 Å². The summed E-state index contributed by atoms with van der Waals surface area (Å²) in [4.78, 5) is 23.7. The second-order valence-electron chi connectivity index (χ2n) is 7.50. The molecule has 1 amide bonds. The van der Waals surface area contributed by atoms with E-state index in [0.29, 0.717) is 33.9 Å². The van der Waals surface area contributed by atoms with Gasteiger partial charge in [-0.15, -0.1) is 0 Å². The highest BCUT2D eigenvalue weighted by Gasteiger charge is 2.30. The summed E-state index contributed by atoms with van der Waals surface area (Å²) in [6.07, 6.45) is 3.39. The van der Waals surface area contributed by atoms with Gasteiger partial charge >= 0.3 is 0 Å². The number of anilines is 1. The van der Waals surface area contributed by atoms with Crippen molar-refractivity contribution >= 4 is 23.2 Å². The van der Waals surface area contributed by atoms with Gasteiger partial charge in [0.1, 0.15) is 11.4 Å². The minimum absolute atomic E-state index is 0.0742. The number of likely N-dealkylation sites (tertiary alicyclic amines) is 1. The van der Waals surface area contributed by atoms with Crippen molar-refractivity contribution in [2.75, 3.05) is 25.5 Å². The van der Waals surface area contributed by atoms with Crippen molar-refractivity contribution in [1.82, 2.24) is 20.0 Å². The maximum atomic E-state index is 12.7. The Bertz CT molecular complexity index is 1030. The van der Waals surface area contributed by atoms with Gasteiger partial charge in [0.25, 0.3) is 0 Å². The van der Waals surface area contributed by atoms with E-state index in [2.05, 4.69) is 25.3 Å². The lowest BCUT2D eigenvalue weighted by Gasteiger charge is -2.34. The van der Waals surface area contributed by atoms with Gasteiger partial charge < -0.3 is 14.6 Å². The topological polar surface area (TPSA) is 93.4 Å². The number of methoxy groups -OCH3 is 1. The Morgan fingerprint density at radius 1 is 1.29 bits per heavy atom. The lowest BCUT2D eigenvalue weighted by Crippen LogP contribution is -2.45. The fraction of sp³-hybridized carbons (Fsp3) is 0.364. The lowest BCUT2D eigenvalue weighted by molar-refractivity contribution is -0.121. The molecule has 1 unspecified atom stereocenters. The maximum absolute atomic E-state index is 12.7. The molecule has 31 heavy (non-hydrogen) atoms.